The molecule has 0 aromatic heterocycles. The molecule has 0 amide bonds. The lowest BCUT2D eigenvalue weighted by molar-refractivity contribution is -0.384. The van der Waals surface area contributed by atoms with E-state index >= 15 is 0 Å². The van der Waals surface area contributed by atoms with Crippen LogP contribution in [0.2, 0.25) is 0 Å². The number of nitrogens with one attached hydrogen (secondary N) is 1. The van der Waals surface area contributed by atoms with Gasteiger partial charge in [-0.25, -0.2) is 13.1 Å². The standard InChI is InChI=1S/C19H24N2O4S/c1-4-15-5-9-17(10-6-15)19(14(2)3)20-26(24,25)13-16-7-11-18(12-8-16)21(22)23/h5-12,14,19-20H,4,13H2,1-3H3/t19-/m0/s1. The number of benzene rings is 2. The third-order valence-electron chi connectivity index (χ3n) is 4.22. The number of rotatable bonds is 8. The van der Waals surface area contributed by atoms with E-state index in [9.17, 15) is 18.5 Å². The molecule has 7 heteroatoms. The van der Waals surface area contributed by atoms with Gasteiger partial charge in [0, 0.05) is 18.2 Å². The van der Waals surface area contributed by atoms with Crippen LogP contribution in [-0.4, -0.2) is 13.3 Å². The Labute approximate surface area is 154 Å². The highest BCUT2D eigenvalue weighted by Crippen LogP contribution is 2.24. The summed E-state index contributed by atoms with van der Waals surface area (Å²) in [5.74, 6) is -0.143. The fourth-order valence-electron chi connectivity index (χ4n) is 2.72. The maximum absolute atomic E-state index is 12.6. The van der Waals surface area contributed by atoms with E-state index in [1.165, 1.54) is 29.8 Å². The lowest BCUT2D eigenvalue weighted by Crippen LogP contribution is -2.32. The molecule has 2 aromatic carbocycles. The minimum absolute atomic E-state index is 0.0600. The molecule has 26 heavy (non-hydrogen) atoms. The summed E-state index contributed by atoms with van der Waals surface area (Å²) in [5, 5.41) is 10.7. The fraction of sp³-hybridized carbons (Fsp3) is 0.368. The number of nitro groups is 1. The van der Waals surface area contributed by atoms with Gasteiger partial charge in [-0.1, -0.05) is 57.2 Å². The molecule has 0 saturated carbocycles. The Morgan fingerprint density at radius 2 is 1.54 bits per heavy atom. The molecule has 0 fully saturated rings. The topological polar surface area (TPSA) is 89.3 Å². The zero-order chi connectivity index (χ0) is 19.3. The van der Waals surface area contributed by atoms with Gasteiger partial charge >= 0.3 is 0 Å². The zero-order valence-corrected chi connectivity index (χ0v) is 16.0. The Balaban J connectivity index is 2.16. The van der Waals surface area contributed by atoms with Gasteiger partial charge in [0.05, 0.1) is 10.7 Å². The van der Waals surface area contributed by atoms with Crippen LogP contribution in [-0.2, 0) is 22.2 Å². The van der Waals surface area contributed by atoms with Crippen molar-refractivity contribution in [3.8, 4) is 0 Å². The highest BCUT2D eigenvalue weighted by molar-refractivity contribution is 7.88. The number of hydrogen-bond donors (Lipinski definition) is 1. The third-order valence-corrected chi connectivity index (χ3v) is 5.55. The summed E-state index contributed by atoms with van der Waals surface area (Å²) in [6, 6.07) is 13.2. The molecular weight excluding hydrogens is 352 g/mol. The van der Waals surface area contributed by atoms with E-state index in [0.29, 0.717) is 5.56 Å². The van der Waals surface area contributed by atoms with Gasteiger partial charge in [-0.15, -0.1) is 0 Å². The Morgan fingerprint density at radius 1 is 1.00 bits per heavy atom. The summed E-state index contributed by atoms with van der Waals surface area (Å²) < 4.78 is 27.9. The average molecular weight is 376 g/mol. The molecule has 2 aromatic rings. The van der Waals surface area contributed by atoms with E-state index < -0.39 is 14.9 Å². The Bertz CT molecular complexity index is 844. The number of aryl methyl sites for hydroxylation is 1. The quantitative estimate of drug-likeness (QED) is 0.557. The van der Waals surface area contributed by atoms with Gasteiger partial charge in [0.15, 0.2) is 0 Å². The van der Waals surface area contributed by atoms with Crippen LogP contribution < -0.4 is 4.72 Å². The van der Waals surface area contributed by atoms with Gasteiger partial charge in [-0.05, 0) is 29.0 Å². The van der Waals surface area contributed by atoms with E-state index in [2.05, 4.69) is 11.6 Å². The van der Waals surface area contributed by atoms with Crippen LogP contribution in [0.4, 0.5) is 5.69 Å². The molecule has 0 radical (unpaired) electrons. The molecule has 0 aliphatic heterocycles. The van der Waals surface area contributed by atoms with Crippen molar-refractivity contribution in [1.29, 1.82) is 0 Å². The van der Waals surface area contributed by atoms with Crippen LogP contribution in [0.3, 0.4) is 0 Å². The third kappa shape index (κ3) is 5.37. The number of non-ortho nitro benzene ring substituents is 1. The van der Waals surface area contributed by atoms with Crippen molar-refractivity contribution >= 4 is 15.7 Å². The van der Waals surface area contributed by atoms with Crippen molar-refractivity contribution in [1.82, 2.24) is 4.72 Å². The van der Waals surface area contributed by atoms with Crippen LogP contribution >= 0.6 is 0 Å². The van der Waals surface area contributed by atoms with Gasteiger partial charge in [-0.3, -0.25) is 10.1 Å². The maximum Gasteiger partial charge on any atom is 0.269 e. The first kappa shape index (κ1) is 20.1. The lowest BCUT2D eigenvalue weighted by atomic mass is 9.96. The van der Waals surface area contributed by atoms with Crippen molar-refractivity contribution < 1.29 is 13.3 Å². The predicted octanol–water partition coefficient (Wildman–Crippen LogP) is 3.97. The molecule has 1 atom stereocenters. The molecule has 0 unspecified atom stereocenters. The van der Waals surface area contributed by atoms with Crippen molar-refractivity contribution in [2.24, 2.45) is 5.92 Å². The highest BCUT2D eigenvalue weighted by Gasteiger charge is 2.23. The molecule has 0 bridgehead atoms. The summed E-state index contributed by atoms with van der Waals surface area (Å²) in [6.07, 6.45) is 0.929. The summed E-state index contributed by atoms with van der Waals surface area (Å²) in [6.45, 7) is 6.00. The van der Waals surface area contributed by atoms with Gasteiger partial charge < -0.3 is 0 Å². The number of hydrogen-bond acceptors (Lipinski definition) is 4. The lowest BCUT2D eigenvalue weighted by Gasteiger charge is -2.23. The molecule has 6 nitrogen and oxygen atoms in total. The van der Waals surface area contributed by atoms with E-state index in [0.717, 1.165) is 12.0 Å². The maximum atomic E-state index is 12.6. The molecule has 1 N–H and O–H groups in total. The van der Waals surface area contributed by atoms with Crippen LogP contribution in [0.25, 0.3) is 0 Å². The Kier molecular flexibility index (Phi) is 6.50. The van der Waals surface area contributed by atoms with Crippen LogP contribution in [0.5, 0.6) is 0 Å². The molecule has 0 saturated heterocycles. The predicted molar refractivity (Wildman–Crippen MR) is 102 cm³/mol. The molecular formula is C19H24N2O4S. The first-order valence-electron chi connectivity index (χ1n) is 8.54. The minimum atomic E-state index is -3.60. The van der Waals surface area contributed by atoms with Crippen LogP contribution in [0, 0.1) is 16.0 Å². The first-order chi connectivity index (χ1) is 12.2. The smallest absolute Gasteiger partial charge is 0.258 e. The summed E-state index contributed by atoms with van der Waals surface area (Å²) >= 11 is 0. The second kappa shape index (κ2) is 8.42. The Hall–Kier alpha value is -2.25. The highest BCUT2D eigenvalue weighted by atomic mass is 32.2. The Morgan fingerprint density at radius 3 is 2.00 bits per heavy atom. The summed E-state index contributed by atoms with van der Waals surface area (Å²) in [4.78, 5) is 10.2. The van der Waals surface area contributed by atoms with Gasteiger partial charge in [0.25, 0.3) is 5.69 Å². The molecule has 140 valence electrons. The van der Waals surface area contributed by atoms with E-state index in [1.807, 2.05) is 38.1 Å². The van der Waals surface area contributed by atoms with Crippen LogP contribution in [0.1, 0.15) is 43.5 Å². The largest absolute Gasteiger partial charge is 0.269 e. The number of nitro benzene ring substituents is 1. The van der Waals surface area contributed by atoms with E-state index in [1.54, 1.807) is 0 Å². The first-order valence-corrected chi connectivity index (χ1v) is 10.2. The van der Waals surface area contributed by atoms with Crippen LogP contribution in [0.15, 0.2) is 48.5 Å². The fourth-order valence-corrected chi connectivity index (χ4v) is 4.23. The monoisotopic (exact) mass is 376 g/mol. The zero-order valence-electron chi connectivity index (χ0n) is 15.2. The second-order valence-corrected chi connectivity index (χ2v) is 8.37. The van der Waals surface area contributed by atoms with Gasteiger partial charge in [0.2, 0.25) is 10.0 Å². The summed E-state index contributed by atoms with van der Waals surface area (Å²) in [5.41, 5.74) is 2.57. The molecule has 2 rings (SSSR count). The molecule has 0 spiro atoms. The summed E-state index contributed by atoms with van der Waals surface area (Å²) in [7, 11) is -3.60. The van der Waals surface area contributed by atoms with E-state index in [4.69, 9.17) is 0 Å². The van der Waals surface area contributed by atoms with Gasteiger partial charge in [-0.2, -0.15) is 0 Å². The molecule has 0 heterocycles. The minimum Gasteiger partial charge on any atom is -0.258 e. The van der Waals surface area contributed by atoms with E-state index in [-0.39, 0.29) is 23.4 Å². The van der Waals surface area contributed by atoms with Crippen molar-refractivity contribution in [3.05, 3.63) is 75.3 Å². The number of sulfonamides is 1. The van der Waals surface area contributed by atoms with Gasteiger partial charge in [0.1, 0.15) is 0 Å². The molecule has 0 aliphatic carbocycles. The van der Waals surface area contributed by atoms with Crippen molar-refractivity contribution in [2.75, 3.05) is 0 Å². The van der Waals surface area contributed by atoms with Crippen molar-refractivity contribution in [3.63, 3.8) is 0 Å². The normalized spacial score (nSPS) is 12.9. The second-order valence-electron chi connectivity index (χ2n) is 6.62. The number of nitrogens with zero attached hydrogens (tertiary/aromatic N) is 1. The molecule has 0 aliphatic rings. The van der Waals surface area contributed by atoms with Crippen molar-refractivity contribution in [2.45, 2.75) is 39.0 Å². The SMILES string of the molecule is CCc1ccc([C@@H](NS(=O)(=O)Cc2ccc([N+](=O)[O-])cc2)C(C)C)cc1. The average Bonchev–Trinajstić information content (AvgIpc) is 2.60.